The Bertz CT molecular complexity index is 1210. The standard InChI is InChI=1S/C28H37FN6O/c1-4-8-19(2)25-30-26(33-15-17-34(18-16-33)28(36)21-9-6-5-7-10-21)24-20(3)32-35(27(24)31-25)23-13-11-22(29)12-14-23/h11-14,19,21H,4-10,15-18H2,1-3H3/t19-/m0/s1. The highest BCUT2D eigenvalue weighted by molar-refractivity contribution is 5.91. The molecule has 0 spiro atoms. The highest BCUT2D eigenvalue weighted by atomic mass is 19.1. The summed E-state index contributed by atoms with van der Waals surface area (Å²) in [5, 5.41) is 5.73. The average molecular weight is 493 g/mol. The summed E-state index contributed by atoms with van der Waals surface area (Å²) in [6.07, 6.45) is 7.72. The highest BCUT2D eigenvalue weighted by Crippen LogP contribution is 2.32. The lowest BCUT2D eigenvalue weighted by molar-refractivity contribution is -0.136. The van der Waals surface area contributed by atoms with Gasteiger partial charge in [0.1, 0.15) is 17.5 Å². The lowest BCUT2D eigenvalue weighted by Gasteiger charge is -2.38. The van der Waals surface area contributed by atoms with E-state index < -0.39 is 0 Å². The van der Waals surface area contributed by atoms with Crippen LogP contribution < -0.4 is 4.90 Å². The minimum Gasteiger partial charge on any atom is -0.352 e. The number of hydrogen-bond donors (Lipinski definition) is 0. The van der Waals surface area contributed by atoms with Crippen molar-refractivity contribution in [1.82, 2.24) is 24.6 Å². The van der Waals surface area contributed by atoms with Crippen LogP contribution in [0.25, 0.3) is 16.7 Å². The Morgan fingerprint density at radius 3 is 2.42 bits per heavy atom. The molecule has 192 valence electrons. The number of aryl methyl sites for hydroxylation is 1. The SMILES string of the molecule is CCC[C@H](C)c1nc(N2CCN(C(=O)C3CCCCC3)CC2)c2c(C)nn(-c3ccc(F)cc3)c2n1. The number of halogens is 1. The number of anilines is 1. The largest absolute Gasteiger partial charge is 0.352 e. The molecule has 36 heavy (non-hydrogen) atoms. The van der Waals surface area contributed by atoms with Crippen molar-refractivity contribution in [2.75, 3.05) is 31.1 Å². The van der Waals surface area contributed by atoms with E-state index in [0.717, 1.165) is 72.8 Å². The van der Waals surface area contributed by atoms with Gasteiger partial charge >= 0.3 is 0 Å². The fourth-order valence-electron chi connectivity index (χ4n) is 5.70. The van der Waals surface area contributed by atoms with Crippen molar-refractivity contribution in [3.05, 3.63) is 41.6 Å². The van der Waals surface area contributed by atoms with E-state index in [1.165, 1.54) is 31.4 Å². The number of carbonyl (C=O) groups excluding carboxylic acids is 1. The molecule has 1 saturated heterocycles. The molecule has 1 saturated carbocycles. The predicted molar refractivity (Wildman–Crippen MR) is 140 cm³/mol. The van der Waals surface area contributed by atoms with Crippen LogP contribution in [0.4, 0.5) is 10.2 Å². The van der Waals surface area contributed by atoms with E-state index in [9.17, 15) is 9.18 Å². The number of aromatic nitrogens is 4. The zero-order valence-electron chi connectivity index (χ0n) is 21.7. The van der Waals surface area contributed by atoms with E-state index in [4.69, 9.17) is 15.1 Å². The van der Waals surface area contributed by atoms with Crippen LogP contribution in [0.2, 0.25) is 0 Å². The lowest BCUT2D eigenvalue weighted by atomic mass is 9.88. The Labute approximate surface area is 212 Å². The maximum Gasteiger partial charge on any atom is 0.225 e. The van der Waals surface area contributed by atoms with Gasteiger partial charge in [0.15, 0.2) is 5.65 Å². The Balaban J connectivity index is 1.48. The van der Waals surface area contributed by atoms with Crippen molar-refractivity contribution < 1.29 is 9.18 Å². The monoisotopic (exact) mass is 492 g/mol. The van der Waals surface area contributed by atoms with Crippen LogP contribution in [0.5, 0.6) is 0 Å². The summed E-state index contributed by atoms with van der Waals surface area (Å²) in [5.41, 5.74) is 2.37. The van der Waals surface area contributed by atoms with Gasteiger partial charge in [0, 0.05) is 38.0 Å². The molecule has 7 nitrogen and oxygen atoms in total. The minimum atomic E-state index is -0.278. The Morgan fingerprint density at radius 2 is 1.75 bits per heavy atom. The van der Waals surface area contributed by atoms with Crippen molar-refractivity contribution in [2.45, 2.75) is 71.6 Å². The van der Waals surface area contributed by atoms with Gasteiger partial charge in [-0.05, 0) is 50.5 Å². The molecule has 5 rings (SSSR count). The van der Waals surface area contributed by atoms with E-state index >= 15 is 0 Å². The molecule has 1 atom stereocenters. The van der Waals surface area contributed by atoms with E-state index in [1.54, 1.807) is 16.8 Å². The van der Waals surface area contributed by atoms with Gasteiger partial charge in [0.05, 0.1) is 16.8 Å². The van der Waals surface area contributed by atoms with Gasteiger partial charge in [-0.2, -0.15) is 5.10 Å². The molecule has 1 aromatic carbocycles. The molecule has 3 aromatic rings. The average Bonchev–Trinajstić information content (AvgIpc) is 3.25. The van der Waals surface area contributed by atoms with E-state index in [1.807, 2.05) is 6.92 Å². The van der Waals surface area contributed by atoms with E-state index in [2.05, 4.69) is 23.6 Å². The van der Waals surface area contributed by atoms with Crippen LogP contribution in [0.15, 0.2) is 24.3 Å². The van der Waals surface area contributed by atoms with Crippen molar-refractivity contribution in [2.24, 2.45) is 5.92 Å². The summed E-state index contributed by atoms with van der Waals surface area (Å²) in [4.78, 5) is 27.5. The van der Waals surface area contributed by atoms with E-state index in [-0.39, 0.29) is 17.7 Å². The third kappa shape index (κ3) is 4.82. The highest BCUT2D eigenvalue weighted by Gasteiger charge is 2.30. The summed E-state index contributed by atoms with van der Waals surface area (Å²) < 4.78 is 15.4. The van der Waals surface area contributed by atoms with Crippen LogP contribution in [-0.2, 0) is 4.79 Å². The first-order chi connectivity index (χ1) is 17.5. The molecule has 8 heteroatoms. The van der Waals surface area contributed by atoms with E-state index in [0.29, 0.717) is 19.0 Å². The Morgan fingerprint density at radius 1 is 1.06 bits per heavy atom. The molecule has 0 N–H and O–H groups in total. The van der Waals surface area contributed by atoms with Crippen LogP contribution in [0.1, 0.15) is 76.2 Å². The molecule has 0 unspecified atom stereocenters. The number of rotatable bonds is 6. The Kier molecular flexibility index (Phi) is 7.21. The van der Waals surface area contributed by atoms with Gasteiger partial charge in [-0.25, -0.2) is 19.0 Å². The first-order valence-corrected chi connectivity index (χ1v) is 13.5. The van der Waals surface area contributed by atoms with Gasteiger partial charge in [-0.15, -0.1) is 0 Å². The number of nitrogens with zero attached hydrogens (tertiary/aromatic N) is 6. The van der Waals surface area contributed by atoms with Crippen LogP contribution in [-0.4, -0.2) is 56.7 Å². The number of hydrogen-bond acceptors (Lipinski definition) is 5. The second-order valence-corrected chi connectivity index (χ2v) is 10.4. The maximum absolute atomic E-state index is 13.6. The van der Waals surface area contributed by atoms with Crippen molar-refractivity contribution in [3.8, 4) is 5.69 Å². The molecular formula is C28H37FN6O. The Hall–Kier alpha value is -3.03. The summed E-state index contributed by atoms with van der Waals surface area (Å²) in [5.74, 6) is 2.18. The molecule has 1 aliphatic heterocycles. The molecule has 0 bridgehead atoms. The van der Waals surface area contributed by atoms with Crippen molar-refractivity contribution in [1.29, 1.82) is 0 Å². The molecule has 1 amide bonds. The second kappa shape index (κ2) is 10.5. The smallest absolute Gasteiger partial charge is 0.225 e. The molecular weight excluding hydrogens is 455 g/mol. The van der Waals surface area contributed by atoms with Crippen LogP contribution in [0, 0.1) is 18.7 Å². The van der Waals surface area contributed by atoms with Gasteiger partial charge in [-0.3, -0.25) is 4.79 Å². The second-order valence-electron chi connectivity index (χ2n) is 10.4. The molecule has 0 radical (unpaired) electrons. The fraction of sp³-hybridized carbons (Fsp3) is 0.571. The van der Waals surface area contributed by atoms with Crippen LogP contribution in [0.3, 0.4) is 0 Å². The zero-order chi connectivity index (χ0) is 25.2. The molecule has 2 aromatic heterocycles. The van der Waals surface area contributed by atoms with Gasteiger partial charge in [0.25, 0.3) is 0 Å². The predicted octanol–water partition coefficient (Wildman–Crippen LogP) is 5.40. The molecule has 2 fully saturated rings. The van der Waals surface area contributed by atoms with Gasteiger partial charge in [0.2, 0.25) is 5.91 Å². The number of piperazine rings is 1. The topological polar surface area (TPSA) is 67.2 Å². The minimum absolute atomic E-state index is 0.203. The number of amides is 1. The summed E-state index contributed by atoms with van der Waals surface area (Å²) in [6.45, 7) is 9.23. The van der Waals surface area contributed by atoms with Gasteiger partial charge in [-0.1, -0.05) is 39.5 Å². The fourth-order valence-corrected chi connectivity index (χ4v) is 5.70. The third-order valence-electron chi connectivity index (χ3n) is 7.78. The lowest BCUT2D eigenvalue weighted by Crippen LogP contribution is -2.51. The van der Waals surface area contributed by atoms with Gasteiger partial charge < -0.3 is 9.80 Å². The normalized spacial score (nSPS) is 18.1. The zero-order valence-corrected chi connectivity index (χ0v) is 21.7. The summed E-state index contributed by atoms with van der Waals surface area (Å²) >= 11 is 0. The summed E-state index contributed by atoms with van der Waals surface area (Å²) in [6, 6.07) is 6.36. The summed E-state index contributed by atoms with van der Waals surface area (Å²) in [7, 11) is 0. The number of carbonyl (C=O) groups is 1. The number of fused-ring (bicyclic) bond motifs is 1. The third-order valence-corrected chi connectivity index (χ3v) is 7.78. The molecule has 3 heterocycles. The number of benzene rings is 1. The molecule has 2 aliphatic rings. The quantitative estimate of drug-likeness (QED) is 0.461. The van der Waals surface area contributed by atoms with Crippen LogP contribution >= 0.6 is 0 Å². The van der Waals surface area contributed by atoms with Crippen molar-refractivity contribution in [3.63, 3.8) is 0 Å². The first kappa shape index (κ1) is 24.7. The van der Waals surface area contributed by atoms with Crippen molar-refractivity contribution >= 4 is 22.8 Å². The first-order valence-electron chi connectivity index (χ1n) is 13.5. The maximum atomic E-state index is 13.6. The molecule has 1 aliphatic carbocycles.